The van der Waals surface area contributed by atoms with Crippen molar-refractivity contribution in [3.63, 3.8) is 0 Å². The van der Waals surface area contributed by atoms with Crippen LogP contribution in [0, 0.1) is 5.92 Å². The number of nitrogens with one attached hydrogen (secondary N) is 1. The number of fused-ring (bicyclic) bond motifs is 1. The van der Waals surface area contributed by atoms with Gasteiger partial charge in [-0.15, -0.1) is 11.3 Å². The van der Waals surface area contributed by atoms with Crippen LogP contribution in [0.1, 0.15) is 16.9 Å². The number of benzene rings is 1. The highest BCUT2D eigenvalue weighted by molar-refractivity contribution is 7.13. The lowest BCUT2D eigenvalue weighted by Gasteiger charge is -2.18. The summed E-state index contributed by atoms with van der Waals surface area (Å²) in [6, 6.07) is 5.79. The van der Waals surface area contributed by atoms with Crippen molar-refractivity contribution in [2.45, 2.75) is 6.42 Å². The van der Waals surface area contributed by atoms with E-state index in [1.54, 1.807) is 0 Å². The lowest BCUT2D eigenvalue weighted by atomic mass is 10.1. The average Bonchev–Trinajstić information content (AvgIpc) is 3.31. The van der Waals surface area contributed by atoms with Gasteiger partial charge in [0.2, 0.25) is 0 Å². The number of likely N-dealkylation sites (tertiary alicyclic amines) is 1. The molecule has 1 atom stereocenters. The number of amides is 1. The molecule has 0 saturated carbocycles. The first-order valence-electron chi connectivity index (χ1n) is 8.54. The average molecular weight is 359 g/mol. The maximum absolute atomic E-state index is 12.7. The van der Waals surface area contributed by atoms with Crippen LogP contribution in [0.25, 0.3) is 10.6 Å². The van der Waals surface area contributed by atoms with Crippen LogP contribution in [0.4, 0.5) is 0 Å². The second-order valence-electron chi connectivity index (χ2n) is 6.36. The predicted molar refractivity (Wildman–Crippen MR) is 96.5 cm³/mol. The number of aromatic nitrogens is 1. The summed E-state index contributed by atoms with van der Waals surface area (Å²) in [5, 5.41) is 5.86. The summed E-state index contributed by atoms with van der Waals surface area (Å²) in [7, 11) is 1.95. The standard InChI is InChI=1S/C18H21N3O3S/c1-19-9-12-4-5-21(10-12)18(22)14-11-25-17(20-14)13-2-3-15-16(8-13)24-7-6-23-15/h2-3,8,11-12,19H,4-7,9-10H2,1H3. The number of ether oxygens (including phenoxy) is 2. The number of hydrogen-bond acceptors (Lipinski definition) is 6. The van der Waals surface area contributed by atoms with Crippen molar-refractivity contribution in [1.82, 2.24) is 15.2 Å². The molecule has 1 fully saturated rings. The van der Waals surface area contributed by atoms with E-state index in [1.165, 1.54) is 11.3 Å². The van der Waals surface area contributed by atoms with Crippen LogP contribution in [-0.2, 0) is 0 Å². The van der Waals surface area contributed by atoms with E-state index in [0.29, 0.717) is 24.8 Å². The molecule has 6 nitrogen and oxygen atoms in total. The lowest BCUT2D eigenvalue weighted by molar-refractivity contribution is 0.0782. The molecular formula is C18H21N3O3S. The number of thiazole rings is 1. The molecule has 3 heterocycles. The van der Waals surface area contributed by atoms with Gasteiger partial charge >= 0.3 is 0 Å². The Labute approximate surface area is 150 Å². The maximum atomic E-state index is 12.7. The van der Waals surface area contributed by atoms with Crippen molar-refractivity contribution in [3.8, 4) is 22.1 Å². The van der Waals surface area contributed by atoms with E-state index in [9.17, 15) is 4.79 Å². The Kier molecular flexibility index (Phi) is 4.59. The van der Waals surface area contributed by atoms with Crippen LogP contribution >= 0.6 is 11.3 Å². The smallest absolute Gasteiger partial charge is 0.273 e. The van der Waals surface area contributed by atoms with Gasteiger partial charge in [-0.3, -0.25) is 4.79 Å². The fraction of sp³-hybridized carbons (Fsp3) is 0.444. The van der Waals surface area contributed by atoms with Gasteiger partial charge in [-0.2, -0.15) is 0 Å². The summed E-state index contributed by atoms with van der Waals surface area (Å²) < 4.78 is 11.2. The summed E-state index contributed by atoms with van der Waals surface area (Å²) >= 11 is 1.48. The van der Waals surface area contributed by atoms with Crippen LogP contribution < -0.4 is 14.8 Å². The predicted octanol–water partition coefficient (Wildman–Crippen LogP) is 2.26. The van der Waals surface area contributed by atoms with Gasteiger partial charge in [-0.25, -0.2) is 4.98 Å². The normalized spacial score (nSPS) is 19.2. The Morgan fingerprint density at radius 1 is 1.36 bits per heavy atom. The molecule has 1 aromatic carbocycles. The van der Waals surface area contributed by atoms with Crippen molar-refractivity contribution in [2.24, 2.45) is 5.92 Å². The third kappa shape index (κ3) is 3.34. The van der Waals surface area contributed by atoms with Crippen LogP contribution in [0.3, 0.4) is 0 Å². The highest BCUT2D eigenvalue weighted by Crippen LogP contribution is 2.35. The summed E-state index contributed by atoms with van der Waals surface area (Å²) in [5.41, 5.74) is 1.47. The summed E-state index contributed by atoms with van der Waals surface area (Å²) in [6.45, 7) is 3.69. The molecule has 4 rings (SSSR count). The molecule has 2 aliphatic heterocycles. The largest absolute Gasteiger partial charge is 0.486 e. The first-order valence-corrected chi connectivity index (χ1v) is 9.42. The molecule has 132 valence electrons. The molecule has 0 spiro atoms. The van der Waals surface area contributed by atoms with Crippen molar-refractivity contribution >= 4 is 17.2 Å². The molecule has 1 amide bonds. The van der Waals surface area contributed by atoms with Crippen molar-refractivity contribution < 1.29 is 14.3 Å². The molecule has 1 aromatic heterocycles. The van der Waals surface area contributed by atoms with E-state index >= 15 is 0 Å². The number of rotatable bonds is 4. The minimum absolute atomic E-state index is 0.0265. The van der Waals surface area contributed by atoms with Crippen molar-refractivity contribution in [3.05, 3.63) is 29.3 Å². The van der Waals surface area contributed by atoms with Gasteiger partial charge in [-0.05, 0) is 44.1 Å². The molecule has 25 heavy (non-hydrogen) atoms. The minimum atomic E-state index is 0.0265. The highest BCUT2D eigenvalue weighted by Gasteiger charge is 2.28. The van der Waals surface area contributed by atoms with Gasteiger partial charge in [-0.1, -0.05) is 0 Å². The van der Waals surface area contributed by atoms with Crippen molar-refractivity contribution in [1.29, 1.82) is 0 Å². The zero-order chi connectivity index (χ0) is 17.2. The maximum Gasteiger partial charge on any atom is 0.273 e. The van der Waals surface area contributed by atoms with Crippen LogP contribution in [0.2, 0.25) is 0 Å². The van der Waals surface area contributed by atoms with E-state index in [2.05, 4.69) is 10.3 Å². The number of carbonyl (C=O) groups excluding carboxylic acids is 1. The van der Waals surface area contributed by atoms with Crippen LogP contribution in [0.5, 0.6) is 11.5 Å². The van der Waals surface area contributed by atoms with Crippen LogP contribution in [0.15, 0.2) is 23.6 Å². The molecule has 1 saturated heterocycles. The summed E-state index contributed by atoms with van der Waals surface area (Å²) in [4.78, 5) is 19.1. The zero-order valence-electron chi connectivity index (χ0n) is 14.2. The lowest BCUT2D eigenvalue weighted by Crippen LogP contribution is -2.30. The zero-order valence-corrected chi connectivity index (χ0v) is 15.0. The van der Waals surface area contributed by atoms with Gasteiger partial charge in [0.25, 0.3) is 5.91 Å². The summed E-state index contributed by atoms with van der Waals surface area (Å²) in [6.07, 6.45) is 1.05. The second-order valence-corrected chi connectivity index (χ2v) is 7.22. The molecular weight excluding hydrogens is 338 g/mol. The van der Waals surface area contributed by atoms with Crippen LogP contribution in [-0.4, -0.2) is 55.7 Å². The molecule has 0 radical (unpaired) electrons. The number of carbonyl (C=O) groups is 1. The summed E-state index contributed by atoms with van der Waals surface area (Å²) in [5.74, 6) is 2.06. The molecule has 7 heteroatoms. The highest BCUT2D eigenvalue weighted by atomic mass is 32.1. The quantitative estimate of drug-likeness (QED) is 0.907. The van der Waals surface area contributed by atoms with E-state index in [4.69, 9.17) is 9.47 Å². The van der Waals surface area contributed by atoms with Gasteiger partial charge in [0, 0.05) is 24.0 Å². The van der Waals surface area contributed by atoms with E-state index < -0.39 is 0 Å². The monoisotopic (exact) mass is 359 g/mol. The Bertz CT molecular complexity index is 777. The third-order valence-corrected chi connectivity index (χ3v) is 5.47. The van der Waals surface area contributed by atoms with Gasteiger partial charge in [0.1, 0.15) is 23.9 Å². The Morgan fingerprint density at radius 3 is 3.04 bits per heavy atom. The molecule has 0 bridgehead atoms. The SMILES string of the molecule is CNCC1CCN(C(=O)c2csc(-c3ccc4c(c3)OCCO4)n2)C1. The fourth-order valence-electron chi connectivity index (χ4n) is 3.32. The number of nitrogens with zero attached hydrogens (tertiary/aromatic N) is 2. The van der Waals surface area contributed by atoms with E-state index in [-0.39, 0.29) is 5.91 Å². The Hall–Kier alpha value is -2.12. The molecule has 2 aliphatic rings. The number of hydrogen-bond donors (Lipinski definition) is 1. The molecule has 1 unspecified atom stereocenters. The van der Waals surface area contributed by atoms with Gasteiger partial charge < -0.3 is 19.7 Å². The first-order chi connectivity index (χ1) is 12.2. The second kappa shape index (κ2) is 7.01. The third-order valence-electron chi connectivity index (χ3n) is 4.58. The Morgan fingerprint density at radius 2 is 2.20 bits per heavy atom. The fourth-order valence-corrected chi connectivity index (χ4v) is 4.11. The molecule has 1 N–H and O–H groups in total. The van der Waals surface area contributed by atoms with Gasteiger partial charge in [0.05, 0.1) is 0 Å². The van der Waals surface area contributed by atoms with E-state index in [0.717, 1.165) is 48.1 Å². The topological polar surface area (TPSA) is 63.7 Å². The minimum Gasteiger partial charge on any atom is -0.486 e. The first kappa shape index (κ1) is 16.4. The molecule has 0 aliphatic carbocycles. The molecule has 2 aromatic rings. The van der Waals surface area contributed by atoms with Gasteiger partial charge in [0.15, 0.2) is 11.5 Å². The van der Waals surface area contributed by atoms with E-state index in [1.807, 2.05) is 35.5 Å². The van der Waals surface area contributed by atoms with Crippen molar-refractivity contribution in [2.75, 3.05) is 39.9 Å². The Balaban J connectivity index is 1.49.